The molecule has 21 nitrogen and oxygen atoms in total. The van der Waals surface area contributed by atoms with Crippen molar-refractivity contribution in [1.82, 2.24) is 9.55 Å². The third-order valence-corrected chi connectivity index (χ3v) is 17.3. The minimum Gasteiger partial charge on any atom is -0.487 e. The predicted octanol–water partition coefficient (Wildman–Crippen LogP) is 1.66. The van der Waals surface area contributed by atoms with Gasteiger partial charge in [-0.25, -0.2) is 0 Å². The third-order valence-electron chi connectivity index (χ3n) is 17.3. The van der Waals surface area contributed by atoms with Crippen molar-refractivity contribution in [2.45, 2.75) is 131 Å². The number of H-pyrrole nitrogens is 1. The lowest BCUT2D eigenvalue weighted by Gasteiger charge is -2.56. The first-order valence-corrected chi connectivity index (χ1v) is 26.1. The number of carbonyl (C=O) groups is 2. The Morgan fingerprint density at radius 3 is 2.53 bits per heavy atom. The Bertz CT molecular complexity index is 3300. The van der Waals surface area contributed by atoms with Gasteiger partial charge in [-0.1, -0.05) is 54.2 Å². The van der Waals surface area contributed by atoms with Gasteiger partial charge in [0.15, 0.2) is 30.0 Å². The minimum absolute atomic E-state index is 0.00541. The van der Waals surface area contributed by atoms with E-state index < -0.39 is 108 Å². The van der Waals surface area contributed by atoms with Crippen LogP contribution in [-0.2, 0) is 38.6 Å². The van der Waals surface area contributed by atoms with Gasteiger partial charge in [0.25, 0.3) is 0 Å². The van der Waals surface area contributed by atoms with E-state index in [1.807, 2.05) is 53.2 Å². The molecule has 0 amide bonds. The summed E-state index contributed by atoms with van der Waals surface area (Å²) in [5, 5.41) is 92.7. The summed E-state index contributed by atoms with van der Waals surface area (Å²) in [5.41, 5.74) is 11.9. The Morgan fingerprint density at radius 1 is 0.949 bits per heavy atom. The molecule has 1 aliphatic carbocycles. The Balaban J connectivity index is 1.12. The van der Waals surface area contributed by atoms with E-state index in [0.29, 0.717) is 46.3 Å². The Hall–Kier alpha value is -6.86. The third kappa shape index (κ3) is 8.18. The quantitative estimate of drug-likeness (QED) is 0.0388. The highest BCUT2D eigenvalue weighted by Gasteiger charge is 2.71. The minimum atomic E-state index is -2.49. The van der Waals surface area contributed by atoms with Gasteiger partial charge in [0.1, 0.15) is 54.7 Å². The largest absolute Gasteiger partial charge is 0.487 e. The molecule has 13 rings (SSSR count). The van der Waals surface area contributed by atoms with E-state index in [0.717, 1.165) is 10.9 Å². The fourth-order valence-electron chi connectivity index (χ4n) is 13.7. The molecule has 1 spiro atoms. The number of carboxylic acid groups (broad SMARTS) is 1. The van der Waals surface area contributed by atoms with Gasteiger partial charge in [-0.3, -0.25) is 9.59 Å². The number of hydrogen-bond acceptors (Lipinski definition) is 18. The first kappa shape index (κ1) is 51.9. The van der Waals surface area contributed by atoms with E-state index in [1.165, 1.54) is 0 Å². The lowest BCUT2D eigenvalue weighted by molar-refractivity contribution is -0.356. The molecule has 14 atom stereocenters. The van der Waals surface area contributed by atoms with Crippen LogP contribution < -0.4 is 35.2 Å². The monoisotopic (exact) mass is 1070 g/mol. The number of aliphatic hydroxyl groups is 7. The number of carbonyl (C=O) groups excluding carboxylic acids is 1. The molecule has 13 N–H and O–H groups in total. The number of nitrogens with two attached hydrogens (primary N) is 2. The number of aliphatic hydroxyl groups excluding tert-OH is 6. The van der Waals surface area contributed by atoms with Gasteiger partial charge in [-0.2, -0.15) is 0 Å². The van der Waals surface area contributed by atoms with Gasteiger partial charge in [0, 0.05) is 65.5 Å². The van der Waals surface area contributed by atoms with Crippen LogP contribution in [0.25, 0.3) is 10.9 Å². The van der Waals surface area contributed by atoms with E-state index in [-0.39, 0.29) is 87.2 Å². The molecular formula is C57H60N4O17. The summed E-state index contributed by atoms with van der Waals surface area (Å²) in [6.07, 6.45) is -9.60. The van der Waals surface area contributed by atoms with Crippen molar-refractivity contribution in [2.24, 2.45) is 28.2 Å². The van der Waals surface area contributed by atoms with Crippen molar-refractivity contribution in [1.29, 1.82) is 0 Å². The molecule has 0 unspecified atom stereocenters. The van der Waals surface area contributed by atoms with E-state index in [1.54, 1.807) is 18.3 Å². The topological polar surface area (TPSA) is 333 Å². The molecule has 9 bridgehead atoms. The molecular weight excluding hydrogens is 1010 g/mol. The summed E-state index contributed by atoms with van der Waals surface area (Å²) in [6, 6.07) is 16.5. The number of ether oxygens (including phenoxy) is 7. The SMILES string of the molecule is NC(N)[C@H]1OC(=O)[C@@H](C(=O)O)C#CC[C@@]2(CCCO)CC[C@]3(Cc4c(cc5c(c4Cn4cc6cc[nH]c6c4CO)[C@@H]4Oc6c7ccc(OCO)c6OC[C@@H](O)C#C[C@H](c6ccccc6)[C@H](O5)[C@@H]74)O[C@@H]4O[C@H]1[C@@H](O)[C@H](O)[C@@]43O)C2. The van der Waals surface area contributed by atoms with E-state index >= 15 is 0 Å². The fraction of sp³-hybridized carbons (Fsp3) is 0.474. The molecule has 410 valence electrons. The zero-order valence-corrected chi connectivity index (χ0v) is 42.1. The van der Waals surface area contributed by atoms with Crippen LogP contribution in [0.2, 0.25) is 0 Å². The lowest BCUT2D eigenvalue weighted by atomic mass is 9.59. The molecule has 1 saturated carbocycles. The molecule has 1 saturated heterocycles. The number of hydrogen-bond donors (Lipinski definition) is 11. The number of aromatic amines is 1. The Labute approximate surface area is 446 Å². The van der Waals surface area contributed by atoms with Crippen LogP contribution in [0.3, 0.4) is 0 Å². The van der Waals surface area contributed by atoms with E-state index in [9.17, 15) is 50.4 Å². The second kappa shape index (κ2) is 19.8. The summed E-state index contributed by atoms with van der Waals surface area (Å²) in [7, 11) is 0. The second-order valence-corrected chi connectivity index (χ2v) is 21.7. The van der Waals surface area contributed by atoms with E-state index in [4.69, 9.17) is 44.6 Å². The normalized spacial score (nSPS) is 33.2. The summed E-state index contributed by atoms with van der Waals surface area (Å²) in [6.45, 7) is -1.53. The fourth-order valence-corrected chi connectivity index (χ4v) is 13.7. The van der Waals surface area contributed by atoms with Gasteiger partial charge in [-0.15, -0.1) is 5.92 Å². The number of fused-ring (bicyclic) bond motifs is 10. The molecule has 5 aromatic rings. The smallest absolute Gasteiger partial charge is 0.333 e. The molecule has 3 aromatic carbocycles. The number of nitrogens with one attached hydrogen (secondary N) is 1. The Kier molecular flexibility index (Phi) is 13.2. The summed E-state index contributed by atoms with van der Waals surface area (Å²) in [5.74, 6) is 6.40. The van der Waals surface area contributed by atoms with Crippen molar-refractivity contribution < 1.29 is 83.6 Å². The van der Waals surface area contributed by atoms with Crippen LogP contribution in [0.15, 0.2) is 67.0 Å². The number of esters is 1. The first-order valence-electron chi connectivity index (χ1n) is 26.1. The highest BCUT2D eigenvalue weighted by Crippen LogP contribution is 2.66. The van der Waals surface area contributed by atoms with Crippen LogP contribution in [0.4, 0.5) is 0 Å². The maximum absolute atomic E-state index is 13.9. The molecule has 9 heterocycles. The average Bonchev–Trinajstić information content (AvgIpc) is 3.86. The number of benzene rings is 3. The molecule has 2 fully saturated rings. The van der Waals surface area contributed by atoms with Crippen molar-refractivity contribution in [3.8, 4) is 52.4 Å². The number of aliphatic carboxylic acids is 1. The highest BCUT2D eigenvalue weighted by atomic mass is 16.7. The molecule has 0 radical (unpaired) electrons. The van der Waals surface area contributed by atoms with Crippen molar-refractivity contribution >= 4 is 22.8 Å². The molecule has 7 aliphatic heterocycles. The van der Waals surface area contributed by atoms with Gasteiger partial charge < -0.3 is 95.0 Å². The van der Waals surface area contributed by atoms with Crippen LogP contribution in [-0.4, -0.2) is 137 Å². The second-order valence-electron chi connectivity index (χ2n) is 21.7. The molecule has 2 aromatic heterocycles. The predicted molar refractivity (Wildman–Crippen MR) is 271 cm³/mol. The van der Waals surface area contributed by atoms with Gasteiger partial charge in [-0.05, 0) is 67.2 Å². The number of nitrogens with zero attached hydrogens (tertiary/aromatic N) is 1. The maximum Gasteiger partial charge on any atom is 0.333 e. The summed E-state index contributed by atoms with van der Waals surface area (Å²) < 4.78 is 47.8. The zero-order chi connectivity index (χ0) is 54.4. The van der Waals surface area contributed by atoms with Crippen LogP contribution in [0.5, 0.6) is 28.7 Å². The van der Waals surface area contributed by atoms with Crippen molar-refractivity contribution in [2.75, 3.05) is 20.0 Å². The van der Waals surface area contributed by atoms with Gasteiger partial charge >= 0.3 is 11.9 Å². The zero-order valence-electron chi connectivity index (χ0n) is 42.1. The summed E-state index contributed by atoms with van der Waals surface area (Å²) in [4.78, 5) is 29.6. The molecule has 8 aliphatic rings. The molecule has 21 heteroatoms. The van der Waals surface area contributed by atoms with E-state index in [2.05, 4.69) is 28.7 Å². The van der Waals surface area contributed by atoms with Crippen molar-refractivity contribution in [3.63, 3.8) is 0 Å². The molecule has 78 heavy (non-hydrogen) atoms. The highest BCUT2D eigenvalue weighted by molar-refractivity contribution is 5.97. The van der Waals surface area contributed by atoms with Gasteiger partial charge in [0.05, 0.1) is 35.8 Å². The number of aromatic nitrogens is 2. The number of rotatable bonds is 11. The number of carboxylic acids is 1. The lowest BCUT2D eigenvalue weighted by Crippen LogP contribution is -2.75. The van der Waals surface area contributed by atoms with Crippen molar-refractivity contribution in [3.05, 3.63) is 101 Å². The maximum atomic E-state index is 13.9. The van der Waals surface area contributed by atoms with Crippen LogP contribution >= 0.6 is 0 Å². The van der Waals surface area contributed by atoms with Gasteiger partial charge in [0.2, 0.25) is 18.0 Å². The average molecular weight is 1070 g/mol. The Morgan fingerprint density at radius 2 is 1.77 bits per heavy atom. The summed E-state index contributed by atoms with van der Waals surface area (Å²) >= 11 is 0. The van der Waals surface area contributed by atoms with Crippen LogP contribution in [0, 0.1) is 40.4 Å². The first-order chi connectivity index (χ1) is 37.6. The van der Waals surface area contributed by atoms with Crippen LogP contribution in [0.1, 0.15) is 90.0 Å². The standard InChI is InChI=1S/C57H60N4O17/c58-51(59)49-48-43(66)50(67)57(71)54(78-48)75-38-20-39-40(47-41-32-11-12-37(73-27-64)46(45(32)76-47)72-25-30(65)9-10-31(44(41)74-39)28-6-2-1-3-7-28)35(23-61-22-29-13-18-60-42(29)36(61)24-63)34(38)21-56(57)17-16-55(26-56,15-5-19-62)14-4-8-33(52(68)69)53(70)77-49/h1-3,6-7,11-13,18,20,22,30-31,33,41,43-44,47-51,54,60,62-67,71H,5,14-17,19,21,23-27,58-59H2,(H,68,69)/t30-,31+,33+,41+,43+,44-,47-,48-,49-,50-,54+,55+,56-,57+/m0/s1.